The van der Waals surface area contributed by atoms with Gasteiger partial charge in [0.15, 0.2) is 0 Å². The lowest BCUT2D eigenvalue weighted by Gasteiger charge is -2.27. The van der Waals surface area contributed by atoms with E-state index in [-0.39, 0.29) is 0 Å². The highest BCUT2D eigenvalue weighted by molar-refractivity contribution is 5.09. The molecule has 0 saturated heterocycles. The van der Waals surface area contributed by atoms with Crippen LogP contribution in [0.2, 0.25) is 0 Å². The summed E-state index contributed by atoms with van der Waals surface area (Å²) in [4.78, 5) is 0. The van der Waals surface area contributed by atoms with E-state index in [4.69, 9.17) is 5.73 Å². The van der Waals surface area contributed by atoms with Crippen LogP contribution < -0.4 is 5.73 Å². The van der Waals surface area contributed by atoms with E-state index in [9.17, 15) is 0 Å². The fourth-order valence-electron chi connectivity index (χ4n) is 1.30. The van der Waals surface area contributed by atoms with Crippen LogP contribution in [0.15, 0.2) is 11.6 Å². The van der Waals surface area contributed by atoms with Crippen molar-refractivity contribution in [2.24, 2.45) is 11.7 Å². The van der Waals surface area contributed by atoms with Gasteiger partial charge in [-0.2, -0.15) is 0 Å². The lowest BCUT2D eigenvalue weighted by molar-refractivity contribution is 0.364. The molecule has 0 bridgehead atoms. The minimum atomic E-state index is 0.765. The minimum absolute atomic E-state index is 0.765. The van der Waals surface area contributed by atoms with Crippen molar-refractivity contribution in [3.8, 4) is 0 Å². The van der Waals surface area contributed by atoms with Gasteiger partial charge < -0.3 is 5.73 Å². The third-order valence-electron chi connectivity index (χ3n) is 2.24. The van der Waals surface area contributed by atoms with Crippen LogP contribution in [0.1, 0.15) is 26.2 Å². The summed E-state index contributed by atoms with van der Waals surface area (Å²) in [6, 6.07) is 0. The number of allylic oxidation sites excluding steroid dienone is 1. The molecule has 0 aliphatic heterocycles. The highest BCUT2D eigenvalue weighted by atomic mass is 14.5. The van der Waals surface area contributed by atoms with Crippen molar-refractivity contribution in [2.45, 2.75) is 26.2 Å². The Labute approximate surface area is 56.9 Å². The van der Waals surface area contributed by atoms with Gasteiger partial charge in [-0.15, -0.1) is 0 Å². The highest BCUT2D eigenvalue weighted by Gasteiger charge is 2.19. The molecule has 0 spiro atoms. The maximum atomic E-state index is 5.53. The molecule has 1 rings (SSSR count). The molecule has 0 atom stereocenters. The fraction of sp³-hybridized carbons (Fsp3) is 0.750. The SMILES string of the molecule is CC=C(CN)C1CCC1. The molecule has 1 fully saturated rings. The Balaban J connectivity index is 2.37. The van der Waals surface area contributed by atoms with Gasteiger partial charge in [0.05, 0.1) is 0 Å². The third kappa shape index (κ3) is 1.33. The second kappa shape index (κ2) is 3.02. The van der Waals surface area contributed by atoms with Crippen LogP contribution in [0.5, 0.6) is 0 Å². The van der Waals surface area contributed by atoms with Crippen LogP contribution in [-0.4, -0.2) is 6.54 Å². The first-order valence-electron chi connectivity index (χ1n) is 3.73. The van der Waals surface area contributed by atoms with Crippen LogP contribution in [-0.2, 0) is 0 Å². The standard InChI is InChI=1S/C8H15N/c1-2-7(6-9)8-4-3-5-8/h2,8H,3-6,9H2,1H3. The largest absolute Gasteiger partial charge is 0.327 e. The van der Waals surface area contributed by atoms with E-state index in [1.807, 2.05) is 0 Å². The Morgan fingerprint density at radius 3 is 2.44 bits per heavy atom. The zero-order valence-electron chi connectivity index (χ0n) is 6.06. The smallest absolute Gasteiger partial charge is 0.0139 e. The summed E-state index contributed by atoms with van der Waals surface area (Å²) in [5, 5.41) is 0. The van der Waals surface area contributed by atoms with E-state index >= 15 is 0 Å². The Hall–Kier alpha value is -0.300. The van der Waals surface area contributed by atoms with Crippen molar-refractivity contribution < 1.29 is 0 Å². The fourth-order valence-corrected chi connectivity index (χ4v) is 1.30. The quantitative estimate of drug-likeness (QED) is 0.558. The molecule has 0 amide bonds. The summed E-state index contributed by atoms with van der Waals surface area (Å²) in [5.41, 5.74) is 6.98. The van der Waals surface area contributed by atoms with Gasteiger partial charge in [-0.25, -0.2) is 0 Å². The zero-order valence-corrected chi connectivity index (χ0v) is 6.06. The molecular weight excluding hydrogens is 110 g/mol. The second-order valence-electron chi connectivity index (χ2n) is 2.70. The van der Waals surface area contributed by atoms with E-state index in [1.165, 1.54) is 24.8 Å². The second-order valence-corrected chi connectivity index (χ2v) is 2.70. The molecule has 1 nitrogen and oxygen atoms in total. The molecule has 0 radical (unpaired) electrons. The molecule has 1 saturated carbocycles. The molecule has 0 heterocycles. The topological polar surface area (TPSA) is 26.0 Å². The predicted octanol–water partition coefficient (Wildman–Crippen LogP) is 1.69. The highest BCUT2D eigenvalue weighted by Crippen LogP contribution is 2.32. The normalized spacial score (nSPS) is 21.8. The molecule has 9 heavy (non-hydrogen) atoms. The van der Waals surface area contributed by atoms with Gasteiger partial charge in [-0.1, -0.05) is 18.1 Å². The molecule has 0 aromatic carbocycles. The van der Waals surface area contributed by atoms with Gasteiger partial charge in [-0.3, -0.25) is 0 Å². The average molecular weight is 125 g/mol. The van der Waals surface area contributed by atoms with Crippen LogP contribution in [0.3, 0.4) is 0 Å². The van der Waals surface area contributed by atoms with E-state index < -0.39 is 0 Å². The van der Waals surface area contributed by atoms with Gasteiger partial charge in [0.2, 0.25) is 0 Å². The molecule has 0 aromatic rings. The number of nitrogens with two attached hydrogens (primary N) is 1. The molecule has 1 heteroatoms. The van der Waals surface area contributed by atoms with Gasteiger partial charge in [0.1, 0.15) is 0 Å². The molecule has 1 aliphatic carbocycles. The van der Waals surface area contributed by atoms with Crippen molar-refractivity contribution >= 4 is 0 Å². The monoisotopic (exact) mass is 125 g/mol. The lowest BCUT2D eigenvalue weighted by Crippen LogP contribution is -2.19. The van der Waals surface area contributed by atoms with E-state index in [2.05, 4.69) is 13.0 Å². The van der Waals surface area contributed by atoms with Crippen molar-refractivity contribution in [1.29, 1.82) is 0 Å². The maximum absolute atomic E-state index is 5.53. The first kappa shape index (κ1) is 6.81. The van der Waals surface area contributed by atoms with Crippen molar-refractivity contribution in [3.63, 3.8) is 0 Å². The maximum Gasteiger partial charge on any atom is 0.0139 e. The van der Waals surface area contributed by atoms with Crippen molar-refractivity contribution in [1.82, 2.24) is 0 Å². The number of rotatable bonds is 2. The molecule has 2 N–H and O–H groups in total. The number of hydrogen-bond acceptors (Lipinski definition) is 1. The van der Waals surface area contributed by atoms with Crippen LogP contribution >= 0.6 is 0 Å². The van der Waals surface area contributed by atoms with Gasteiger partial charge >= 0.3 is 0 Å². The molecule has 1 aliphatic rings. The van der Waals surface area contributed by atoms with E-state index in [0.29, 0.717) is 0 Å². The third-order valence-corrected chi connectivity index (χ3v) is 2.24. The summed E-state index contributed by atoms with van der Waals surface area (Å²) < 4.78 is 0. The Bertz CT molecular complexity index is 112. The first-order valence-corrected chi connectivity index (χ1v) is 3.73. The van der Waals surface area contributed by atoms with Gasteiger partial charge in [0, 0.05) is 6.54 Å². The van der Waals surface area contributed by atoms with Crippen molar-refractivity contribution in [3.05, 3.63) is 11.6 Å². The molecule has 0 unspecified atom stereocenters. The Morgan fingerprint density at radius 2 is 2.33 bits per heavy atom. The van der Waals surface area contributed by atoms with E-state index in [1.54, 1.807) is 0 Å². The Morgan fingerprint density at radius 1 is 1.67 bits per heavy atom. The van der Waals surface area contributed by atoms with Crippen LogP contribution in [0.25, 0.3) is 0 Å². The first-order chi connectivity index (χ1) is 4.38. The summed E-state index contributed by atoms with van der Waals surface area (Å²) >= 11 is 0. The average Bonchev–Trinajstić information content (AvgIpc) is 1.78. The van der Waals surface area contributed by atoms with Crippen LogP contribution in [0, 0.1) is 5.92 Å². The van der Waals surface area contributed by atoms with Gasteiger partial charge in [-0.05, 0) is 25.7 Å². The van der Waals surface area contributed by atoms with E-state index in [0.717, 1.165) is 12.5 Å². The Kier molecular flexibility index (Phi) is 2.29. The van der Waals surface area contributed by atoms with Crippen molar-refractivity contribution in [2.75, 3.05) is 6.54 Å². The van der Waals surface area contributed by atoms with Gasteiger partial charge in [0.25, 0.3) is 0 Å². The zero-order chi connectivity index (χ0) is 6.69. The summed E-state index contributed by atoms with van der Waals surface area (Å²) in [5.74, 6) is 0.847. The molecule has 0 aromatic heterocycles. The molecular formula is C8H15N. The summed E-state index contributed by atoms with van der Waals surface area (Å²) in [6.07, 6.45) is 6.32. The lowest BCUT2D eigenvalue weighted by atomic mass is 9.79. The van der Waals surface area contributed by atoms with Crippen LogP contribution in [0.4, 0.5) is 0 Å². The summed E-state index contributed by atoms with van der Waals surface area (Å²) in [6.45, 7) is 2.85. The summed E-state index contributed by atoms with van der Waals surface area (Å²) in [7, 11) is 0. The minimum Gasteiger partial charge on any atom is -0.327 e. The predicted molar refractivity (Wildman–Crippen MR) is 40.2 cm³/mol. The molecule has 52 valence electrons. The number of hydrogen-bond donors (Lipinski definition) is 1.